The van der Waals surface area contributed by atoms with E-state index in [0.717, 1.165) is 31.2 Å². The molecule has 5 heteroatoms. The van der Waals surface area contributed by atoms with E-state index in [0.29, 0.717) is 10.7 Å². The van der Waals surface area contributed by atoms with Crippen LogP contribution in [0.4, 0.5) is 0 Å². The van der Waals surface area contributed by atoms with Crippen molar-refractivity contribution in [1.82, 2.24) is 10.2 Å². The molecule has 1 N–H and O–H groups in total. The second-order valence-electron chi connectivity index (χ2n) is 10.1. The van der Waals surface area contributed by atoms with Gasteiger partial charge in [-0.2, -0.15) is 0 Å². The lowest BCUT2D eigenvalue weighted by molar-refractivity contribution is -0.136. The third-order valence-electron chi connectivity index (χ3n) is 6.51. The van der Waals surface area contributed by atoms with Crippen molar-refractivity contribution in [1.29, 1.82) is 0 Å². The standard InChI is InChI=1S/C26H37ClN2O2/c1-26(2,3)25(31)28-23(18-19-14-16-20(27)17-15-19)24(30)29(21-10-6-4-7-11-21)22-12-8-5-9-13-22/h14-18,21-22H,4-13H2,1-3H3,(H,28,31)/b23-18+. The molecule has 2 aliphatic carbocycles. The quantitative estimate of drug-likeness (QED) is 0.539. The molecule has 0 unspecified atom stereocenters. The van der Waals surface area contributed by atoms with Crippen LogP contribution in [0.25, 0.3) is 6.08 Å². The maximum Gasteiger partial charge on any atom is 0.270 e. The Balaban J connectivity index is 1.95. The zero-order chi connectivity index (χ0) is 22.4. The Bertz CT molecular complexity index is 765. The SMILES string of the molecule is CC(C)(C)C(=O)N/C(=C/c1ccc(Cl)cc1)C(=O)N(C1CCCCC1)C1CCCCC1. The van der Waals surface area contributed by atoms with Crippen molar-refractivity contribution < 1.29 is 9.59 Å². The highest BCUT2D eigenvalue weighted by molar-refractivity contribution is 6.30. The summed E-state index contributed by atoms with van der Waals surface area (Å²) in [6.07, 6.45) is 13.2. The highest BCUT2D eigenvalue weighted by Crippen LogP contribution is 2.31. The summed E-state index contributed by atoms with van der Waals surface area (Å²) in [5.74, 6) is -0.181. The molecule has 1 aromatic carbocycles. The van der Waals surface area contributed by atoms with Gasteiger partial charge in [-0.3, -0.25) is 9.59 Å². The summed E-state index contributed by atoms with van der Waals surface area (Å²) in [7, 11) is 0. The number of nitrogens with one attached hydrogen (secondary N) is 1. The van der Waals surface area contributed by atoms with Crippen molar-refractivity contribution in [3.8, 4) is 0 Å². The Morgan fingerprint density at radius 3 is 1.84 bits per heavy atom. The zero-order valence-corrected chi connectivity index (χ0v) is 20.0. The largest absolute Gasteiger partial charge is 0.331 e. The first-order valence-corrected chi connectivity index (χ1v) is 12.2. The fraction of sp³-hybridized carbons (Fsp3) is 0.615. The van der Waals surface area contributed by atoms with Gasteiger partial charge in [0.15, 0.2) is 0 Å². The lowest BCUT2D eigenvalue weighted by atomic mass is 9.88. The Hall–Kier alpha value is -1.81. The highest BCUT2D eigenvalue weighted by atomic mass is 35.5. The number of hydrogen-bond donors (Lipinski definition) is 1. The molecule has 4 nitrogen and oxygen atoms in total. The van der Waals surface area contributed by atoms with Crippen molar-refractivity contribution in [3.63, 3.8) is 0 Å². The van der Waals surface area contributed by atoms with Gasteiger partial charge in [0.2, 0.25) is 5.91 Å². The van der Waals surface area contributed by atoms with Gasteiger partial charge >= 0.3 is 0 Å². The fourth-order valence-corrected chi connectivity index (χ4v) is 4.80. The summed E-state index contributed by atoms with van der Waals surface area (Å²) in [4.78, 5) is 29.0. The number of amides is 2. The van der Waals surface area contributed by atoms with Crippen molar-refractivity contribution in [2.75, 3.05) is 0 Å². The van der Waals surface area contributed by atoms with Crippen LogP contribution in [0.5, 0.6) is 0 Å². The average molecular weight is 445 g/mol. The first kappa shape index (κ1) is 23.8. The molecular formula is C26H37ClN2O2. The molecule has 0 atom stereocenters. The van der Waals surface area contributed by atoms with E-state index < -0.39 is 5.41 Å². The molecule has 3 rings (SSSR count). The van der Waals surface area contributed by atoms with Gasteiger partial charge in [0.1, 0.15) is 5.70 Å². The Morgan fingerprint density at radius 1 is 0.903 bits per heavy atom. The number of benzene rings is 1. The van der Waals surface area contributed by atoms with E-state index in [-0.39, 0.29) is 23.9 Å². The molecule has 2 aliphatic rings. The van der Waals surface area contributed by atoms with E-state index in [1.807, 2.05) is 32.9 Å². The van der Waals surface area contributed by atoms with Gasteiger partial charge in [0, 0.05) is 22.5 Å². The topological polar surface area (TPSA) is 49.4 Å². The van der Waals surface area contributed by atoms with Crippen molar-refractivity contribution in [3.05, 3.63) is 40.5 Å². The van der Waals surface area contributed by atoms with Crippen LogP contribution in [0.3, 0.4) is 0 Å². The number of nitrogens with zero attached hydrogens (tertiary/aromatic N) is 1. The summed E-state index contributed by atoms with van der Waals surface area (Å²) >= 11 is 6.04. The van der Waals surface area contributed by atoms with Crippen LogP contribution in [0.1, 0.15) is 90.5 Å². The third-order valence-corrected chi connectivity index (χ3v) is 6.76. The summed E-state index contributed by atoms with van der Waals surface area (Å²) in [5, 5.41) is 3.62. The van der Waals surface area contributed by atoms with E-state index in [4.69, 9.17) is 11.6 Å². The predicted molar refractivity (Wildman–Crippen MR) is 128 cm³/mol. The fourth-order valence-electron chi connectivity index (χ4n) is 4.67. The van der Waals surface area contributed by atoms with Gasteiger partial charge in [0.25, 0.3) is 5.91 Å². The Kier molecular flexibility index (Phi) is 8.21. The van der Waals surface area contributed by atoms with Crippen LogP contribution in [0.15, 0.2) is 30.0 Å². The second-order valence-corrected chi connectivity index (χ2v) is 10.5. The van der Waals surface area contributed by atoms with Crippen LogP contribution < -0.4 is 5.32 Å². The first-order valence-electron chi connectivity index (χ1n) is 11.9. The minimum atomic E-state index is -0.583. The van der Waals surface area contributed by atoms with Crippen molar-refractivity contribution in [2.24, 2.45) is 5.41 Å². The minimum Gasteiger partial charge on any atom is -0.331 e. The van der Waals surface area contributed by atoms with E-state index >= 15 is 0 Å². The summed E-state index contributed by atoms with van der Waals surface area (Å²) in [6.45, 7) is 5.60. The molecule has 0 bridgehead atoms. The number of carbonyl (C=O) groups excluding carboxylic acids is 2. The molecule has 0 spiro atoms. The number of hydrogen-bond acceptors (Lipinski definition) is 2. The van der Waals surface area contributed by atoms with Gasteiger partial charge in [-0.25, -0.2) is 0 Å². The lowest BCUT2D eigenvalue weighted by Crippen LogP contribution is -2.51. The smallest absolute Gasteiger partial charge is 0.270 e. The Labute approximate surface area is 192 Å². The number of carbonyl (C=O) groups is 2. The normalized spacial score (nSPS) is 19.2. The monoisotopic (exact) mass is 444 g/mol. The van der Waals surface area contributed by atoms with Crippen molar-refractivity contribution >= 4 is 29.5 Å². The molecule has 0 radical (unpaired) electrons. The molecular weight excluding hydrogens is 408 g/mol. The summed E-state index contributed by atoms with van der Waals surface area (Å²) < 4.78 is 0. The van der Waals surface area contributed by atoms with E-state index in [2.05, 4.69) is 10.2 Å². The molecule has 31 heavy (non-hydrogen) atoms. The van der Waals surface area contributed by atoms with Crippen molar-refractivity contribution in [2.45, 2.75) is 97.1 Å². The predicted octanol–water partition coefficient (Wildman–Crippen LogP) is 6.34. The molecule has 1 aromatic rings. The summed E-state index contributed by atoms with van der Waals surface area (Å²) in [6, 6.07) is 7.91. The number of rotatable bonds is 5. The molecule has 170 valence electrons. The molecule has 0 saturated heterocycles. The van der Waals surface area contributed by atoms with Gasteiger partial charge in [-0.05, 0) is 49.5 Å². The van der Waals surface area contributed by atoms with Crippen LogP contribution in [0, 0.1) is 5.41 Å². The molecule has 0 heterocycles. The molecule has 2 fully saturated rings. The maximum absolute atomic E-state index is 14.0. The Morgan fingerprint density at radius 2 is 1.39 bits per heavy atom. The third kappa shape index (κ3) is 6.58. The van der Waals surface area contributed by atoms with Gasteiger partial charge in [-0.15, -0.1) is 0 Å². The van der Waals surface area contributed by atoms with Gasteiger partial charge in [0.05, 0.1) is 0 Å². The first-order chi connectivity index (χ1) is 14.8. The molecule has 0 aliphatic heterocycles. The van der Waals surface area contributed by atoms with Crippen LogP contribution >= 0.6 is 11.6 Å². The minimum absolute atomic E-state index is 0.0358. The van der Waals surface area contributed by atoms with Crippen LogP contribution in [-0.4, -0.2) is 28.8 Å². The van der Waals surface area contributed by atoms with E-state index in [9.17, 15) is 9.59 Å². The van der Waals surface area contributed by atoms with Gasteiger partial charge in [-0.1, -0.05) is 83.0 Å². The molecule has 2 saturated carbocycles. The average Bonchev–Trinajstić information content (AvgIpc) is 2.75. The summed E-state index contributed by atoms with van der Waals surface area (Å²) in [5.41, 5.74) is 0.646. The number of halogens is 1. The highest BCUT2D eigenvalue weighted by Gasteiger charge is 2.35. The molecule has 0 aromatic heterocycles. The lowest BCUT2D eigenvalue weighted by Gasteiger charge is -2.42. The van der Waals surface area contributed by atoms with Gasteiger partial charge < -0.3 is 10.2 Å². The molecule has 2 amide bonds. The van der Waals surface area contributed by atoms with Crippen LogP contribution in [-0.2, 0) is 9.59 Å². The van der Waals surface area contributed by atoms with E-state index in [1.54, 1.807) is 18.2 Å². The van der Waals surface area contributed by atoms with Crippen LogP contribution in [0.2, 0.25) is 5.02 Å². The zero-order valence-electron chi connectivity index (χ0n) is 19.3. The second kappa shape index (κ2) is 10.7. The maximum atomic E-state index is 14.0. The van der Waals surface area contributed by atoms with E-state index in [1.165, 1.54) is 38.5 Å².